The Morgan fingerprint density at radius 3 is 2.61 bits per heavy atom. The molecule has 7 heteroatoms. The van der Waals surface area contributed by atoms with Crippen molar-refractivity contribution >= 4 is 52.2 Å². The fourth-order valence-electron chi connectivity index (χ4n) is 2.18. The molecule has 2 amide bonds. The molecule has 1 N–H and O–H groups in total. The van der Waals surface area contributed by atoms with Gasteiger partial charge in [-0.25, -0.2) is 9.29 Å². The van der Waals surface area contributed by atoms with E-state index in [9.17, 15) is 14.0 Å². The maximum Gasteiger partial charge on any atom is 0.270 e. The van der Waals surface area contributed by atoms with Crippen LogP contribution in [-0.4, -0.2) is 16.9 Å². The fraction of sp³-hybridized carbons (Fsp3) is 0.0625. The quantitative estimate of drug-likeness (QED) is 0.517. The van der Waals surface area contributed by atoms with E-state index in [1.807, 2.05) is 19.1 Å². The molecule has 0 unspecified atom stereocenters. The number of nitrogens with zero attached hydrogens (tertiary/aromatic N) is 1. The number of rotatable bonds is 2. The number of hydrogen-bond donors (Lipinski definition) is 1. The zero-order valence-corrected chi connectivity index (χ0v) is 13.6. The van der Waals surface area contributed by atoms with E-state index in [1.54, 1.807) is 6.07 Å². The van der Waals surface area contributed by atoms with Crippen LogP contribution in [-0.2, 0) is 9.59 Å². The molecule has 1 aromatic carbocycles. The molecule has 2 aromatic rings. The van der Waals surface area contributed by atoms with Crippen molar-refractivity contribution < 1.29 is 14.0 Å². The summed E-state index contributed by atoms with van der Waals surface area (Å²) in [4.78, 5) is 27.6. The predicted molar refractivity (Wildman–Crippen MR) is 91.7 cm³/mol. The molecular formula is C16H11FN2O2S2. The van der Waals surface area contributed by atoms with Crippen LogP contribution in [0.15, 0.2) is 42.0 Å². The summed E-state index contributed by atoms with van der Waals surface area (Å²) in [7, 11) is 0. The molecule has 116 valence electrons. The smallest absolute Gasteiger partial charge is 0.270 e. The first-order chi connectivity index (χ1) is 11.0. The molecule has 0 radical (unpaired) electrons. The van der Waals surface area contributed by atoms with Gasteiger partial charge in [-0.3, -0.25) is 14.9 Å². The number of carbonyl (C=O) groups excluding carboxylic acids is 2. The molecule has 3 rings (SSSR count). The number of benzene rings is 1. The molecule has 1 aliphatic rings. The Labute approximate surface area is 141 Å². The van der Waals surface area contributed by atoms with E-state index < -0.39 is 17.6 Å². The summed E-state index contributed by atoms with van der Waals surface area (Å²) in [5.74, 6) is -1.82. The van der Waals surface area contributed by atoms with Crippen LogP contribution in [0.2, 0.25) is 0 Å². The van der Waals surface area contributed by atoms with Crippen molar-refractivity contribution in [1.82, 2.24) is 5.32 Å². The van der Waals surface area contributed by atoms with Crippen LogP contribution >= 0.6 is 23.6 Å². The average Bonchev–Trinajstić information content (AvgIpc) is 2.91. The van der Waals surface area contributed by atoms with Gasteiger partial charge in [0.1, 0.15) is 11.4 Å². The van der Waals surface area contributed by atoms with Gasteiger partial charge in [-0.2, -0.15) is 0 Å². The standard InChI is InChI=1S/C16H11FN2O2S2/c1-9-6-7-10(23-9)8-11-14(20)18-16(22)19(15(11)21)13-5-3-2-4-12(13)17/h2-8H,1H3,(H,18,20,22)/b11-8+. The molecule has 1 saturated heterocycles. The van der Waals surface area contributed by atoms with Gasteiger partial charge < -0.3 is 0 Å². The van der Waals surface area contributed by atoms with Crippen molar-refractivity contribution in [2.75, 3.05) is 4.90 Å². The van der Waals surface area contributed by atoms with Gasteiger partial charge in [0.2, 0.25) is 0 Å². The molecule has 1 fully saturated rings. The lowest BCUT2D eigenvalue weighted by Gasteiger charge is -2.29. The zero-order chi connectivity index (χ0) is 16.6. The van der Waals surface area contributed by atoms with Gasteiger partial charge in [-0.05, 0) is 49.5 Å². The Hall–Kier alpha value is -2.38. The summed E-state index contributed by atoms with van der Waals surface area (Å²) in [6.07, 6.45) is 1.49. The SMILES string of the molecule is Cc1ccc(/C=C2\C(=O)NC(=S)N(c3ccccc3F)C2=O)s1. The lowest BCUT2D eigenvalue weighted by Crippen LogP contribution is -2.54. The molecule has 2 heterocycles. The molecule has 0 bridgehead atoms. The molecular weight excluding hydrogens is 335 g/mol. The summed E-state index contributed by atoms with van der Waals surface area (Å²) in [5.41, 5.74) is -0.0699. The monoisotopic (exact) mass is 346 g/mol. The number of nitrogens with one attached hydrogen (secondary N) is 1. The van der Waals surface area contributed by atoms with Gasteiger partial charge in [-0.15, -0.1) is 11.3 Å². The van der Waals surface area contributed by atoms with Gasteiger partial charge in [0, 0.05) is 9.75 Å². The largest absolute Gasteiger partial charge is 0.298 e. The van der Waals surface area contributed by atoms with Crippen molar-refractivity contribution in [2.45, 2.75) is 6.92 Å². The van der Waals surface area contributed by atoms with E-state index >= 15 is 0 Å². The predicted octanol–water partition coefficient (Wildman–Crippen LogP) is 3.03. The summed E-state index contributed by atoms with van der Waals surface area (Å²) >= 11 is 6.48. The lowest BCUT2D eigenvalue weighted by atomic mass is 10.1. The maximum atomic E-state index is 14.0. The highest BCUT2D eigenvalue weighted by molar-refractivity contribution is 7.80. The number of amides is 2. The summed E-state index contributed by atoms with van der Waals surface area (Å²) in [5, 5.41) is 2.30. The van der Waals surface area contributed by atoms with Crippen LogP contribution in [0.3, 0.4) is 0 Å². The van der Waals surface area contributed by atoms with Crippen molar-refractivity contribution in [1.29, 1.82) is 0 Å². The average molecular weight is 346 g/mol. The fourth-order valence-corrected chi connectivity index (χ4v) is 3.28. The van der Waals surface area contributed by atoms with Gasteiger partial charge >= 0.3 is 0 Å². The third-order valence-electron chi connectivity index (χ3n) is 3.24. The third kappa shape index (κ3) is 2.93. The normalized spacial score (nSPS) is 16.9. The van der Waals surface area contributed by atoms with Crippen molar-refractivity contribution in [3.8, 4) is 0 Å². The first-order valence-electron chi connectivity index (χ1n) is 6.70. The Balaban J connectivity index is 2.04. The number of hydrogen-bond acceptors (Lipinski definition) is 4. The number of para-hydroxylation sites is 1. The van der Waals surface area contributed by atoms with Crippen LogP contribution in [0.4, 0.5) is 10.1 Å². The highest BCUT2D eigenvalue weighted by Crippen LogP contribution is 2.25. The highest BCUT2D eigenvalue weighted by Gasteiger charge is 2.35. The summed E-state index contributed by atoms with van der Waals surface area (Å²) < 4.78 is 14.0. The van der Waals surface area contributed by atoms with Gasteiger partial charge in [0.15, 0.2) is 5.11 Å². The second-order valence-electron chi connectivity index (χ2n) is 4.86. The first-order valence-corrected chi connectivity index (χ1v) is 7.92. The van der Waals surface area contributed by atoms with E-state index in [0.29, 0.717) is 0 Å². The summed E-state index contributed by atoms with van der Waals surface area (Å²) in [6.45, 7) is 1.93. The van der Waals surface area contributed by atoms with Crippen LogP contribution in [0.1, 0.15) is 9.75 Å². The molecule has 0 aliphatic carbocycles. The van der Waals surface area contributed by atoms with Crippen molar-refractivity contribution in [3.05, 3.63) is 57.5 Å². The molecule has 0 atom stereocenters. The number of thiocarbonyl (C=S) groups is 1. The van der Waals surface area contributed by atoms with Crippen molar-refractivity contribution in [2.24, 2.45) is 0 Å². The second kappa shape index (κ2) is 6.02. The topological polar surface area (TPSA) is 49.4 Å². The maximum absolute atomic E-state index is 14.0. The zero-order valence-electron chi connectivity index (χ0n) is 12.0. The van der Waals surface area contributed by atoms with E-state index in [2.05, 4.69) is 5.32 Å². The van der Waals surface area contributed by atoms with Gasteiger partial charge in [-0.1, -0.05) is 12.1 Å². The van der Waals surface area contributed by atoms with E-state index in [-0.39, 0.29) is 16.4 Å². The number of aryl methyl sites for hydroxylation is 1. The third-order valence-corrected chi connectivity index (χ3v) is 4.48. The Kier molecular flexibility index (Phi) is 4.06. The minimum atomic E-state index is -0.644. The van der Waals surface area contributed by atoms with Crippen LogP contribution in [0.5, 0.6) is 0 Å². The minimum Gasteiger partial charge on any atom is -0.298 e. The lowest BCUT2D eigenvalue weighted by molar-refractivity contribution is -0.122. The molecule has 1 aromatic heterocycles. The summed E-state index contributed by atoms with van der Waals surface area (Å²) in [6, 6.07) is 9.48. The Morgan fingerprint density at radius 2 is 1.96 bits per heavy atom. The van der Waals surface area contributed by atoms with Crippen molar-refractivity contribution in [3.63, 3.8) is 0 Å². The number of carbonyl (C=O) groups is 2. The molecule has 23 heavy (non-hydrogen) atoms. The van der Waals surface area contributed by atoms with Gasteiger partial charge in [0.05, 0.1) is 5.69 Å². The first kappa shape index (κ1) is 15.5. The van der Waals surface area contributed by atoms with E-state index in [4.69, 9.17) is 12.2 Å². The van der Waals surface area contributed by atoms with Crippen LogP contribution < -0.4 is 10.2 Å². The van der Waals surface area contributed by atoms with Gasteiger partial charge in [0.25, 0.3) is 11.8 Å². The Morgan fingerprint density at radius 1 is 1.22 bits per heavy atom. The van der Waals surface area contributed by atoms with Crippen LogP contribution in [0.25, 0.3) is 6.08 Å². The number of anilines is 1. The number of thiophene rings is 1. The molecule has 0 spiro atoms. The van der Waals surface area contributed by atoms with Crippen LogP contribution in [0, 0.1) is 12.7 Å². The van der Waals surface area contributed by atoms with E-state index in [1.165, 1.54) is 35.6 Å². The molecule has 1 aliphatic heterocycles. The molecule has 4 nitrogen and oxygen atoms in total. The Bertz CT molecular complexity index is 857. The second-order valence-corrected chi connectivity index (χ2v) is 6.56. The minimum absolute atomic E-state index is 0.00996. The van der Waals surface area contributed by atoms with E-state index in [0.717, 1.165) is 14.7 Å². The molecule has 0 saturated carbocycles. The highest BCUT2D eigenvalue weighted by atomic mass is 32.1. The number of halogens is 1.